The van der Waals surface area contributed by atoms with Crippen LogP contribution in [0.15, 0.2) is 48.5 Å². The minimum Gasteiger partial charge on any atom is -0.493 e. The highest BCUT2D eigenvalue weighted by Gasteiger charge is 2.07. The molecule has 5 nitrogen and oxygen atoms in total. The number of carbonyl (C=O) groups is 1. The Balaban J connectivity index is 2.09. The van der Waals surface area contributed by atoms with Gasteiger partial charge < -0.3 is 19.5 Å². The SMILES string of the molecule is CCOc1cc(/C=C/C(=O)Nc2ccccc2OC(C)C)ccc1OC. The second kappa shape index (κ2) is 9.51. The summed E-state index contributed by atoms with van der Waals surface area (Å²) in [5, 5.41) is 2.84. The van der Waals surface area contributed by atoms with Crippen LogP contribution in [0.3, 0.4) is 0 Å². The Morgan fingerprint density at radius 1 is 1.12 bits per heavy atom. The van der Waals surface area contributed by atoms with E-state index >= 15 is 0 Å². The van der Waals surface area contributed by atoms with Crippen molar-refractivity contribution in [1.29, 1.82) is 0 Å². The Hall–Kier alpha value is -2.95. The molecule has 2 rings (SSSR count). The molecule has 138 valence electrons. The van der Waals surface area contributed by atoms with Crippen molar-refractivity contribution in [3.63, 3.8) is 0 Å². The Morgan fingerprint density at radius 3 is 2.58 bits per heavy atom. The lowest BCUT2D eigenvalue weighted by molar-refractivity contribution is -0.111. The van der Waals surface area contributed by atoms with E-state index in [-0.39, 0.29) is 12.0 Å². The van der Waals surface area contributed by atoms with Crippen LogP contribution in [-0.4, -0.2) is 25.7 Å². The van der Waals surface area contributed by atoms with E-state index in [1.165, 1.54) is 6.08 Å². The van der Waals surface area contributed by atoms with Crippen molar-refractivity contribution < 1.29 is 19.0 Å². The molecule has 0 aliphatic heterocycles. The van der Waals surface area contributed by atoms with E-state index in [0.29, 0.717) is 29.5 Å². The first kappa shape index (κ1) is 19.4. The fraction of sp³-hybridized carbons (Fsp3) is 0.286. The Kier molecular flexibility index (Phi) is 7.09. The summed E-state index contributed by atoms with van der Waals surface area (Å²) < 4.78 is 16.5. The highest BCUT2D eigenvalue weighted by Crippen LogP contribution is 2.28. The van der Waals surface area contributed by atoms with Gasteiger partial charge in [-0.25, -0.2) is 0 Å². The maximum Gasteiger partial charge on any atom is 0.248 e. The molecule has 0 atom stereocenters. The van der Waals surface area contributed by atoms with E-state index < -0.39 is 0 Å². The molecular formula is C21H25NO4. The normalized spacial score (nSPS) is 10.8. The molecule has 2 aromatic carbocycles. The number of anilines is 1. The highest BCUT2D eigenvalue weighted by molar-refractivity contribution is 6.02. The lowest BCUT2D eigenvalue weighted by Gasteiger charge is -2.14. The van der Waals surface area contributed by atoms with Gasteiger partial charge in [-0.15, -0.1) is 0 Å². The van der Waals surface area contributed by atoms with Gasteiger partial charge in [0, 0.05) is 6.08 Å². The second-order valence-corrected chi connectivity index (χ2v) is 5.83. The van der Waals surface area contributed by atoms with E-state index in [0.717, 1.165) is 5.56 Å². The number of carbonyl (C=O) groups excluding carboxylic acids is 1. The number of hydrogen-bond acceptors (Lipinski definition) is 4. The van der Waals surface area contributed by atoms with Gasteiger partial charge in [0.25, 0.3) is 0 Å². The van der Waals surface area contributed by atoms with Crippen LogP contribution in [0.4, 0.5) is 5.69 Å². The van der Waals surface area contributed by atoms with Crippen molar-refractivity contribution in [1.82, 2.24) is 0 Å². The van der Waals surface area contributed by atoms with Crippen LogP contribution in [0.25, 0.3) is 6.08 Å². The Morgan fingerprint density at radius 2 is 1.88 bits per heavy atom. The minimum absolute atomic E-state index is 0.0277. The first-order chi connectivity index (χ1) is 12.5. The summed E-state index contributed by atoms with van der Waals surface area (Å²) in [4.78, 5) is 12.2. The summed E-state index contributed by atoms with van der Waals surface area (Å²) in [5.74, 6) is 1.72. The van der Waals surface area contributed by atoms with Crippen LogP contribution in [0.2, 0.25) is 0 Å². The molecule has 0 fully saturated rings. The number of para-hydroxylation sites is 2. The van der Waals surface area contributed by atoms with Crippen LogP contribution in [0, 0.1) is 0 Å². The van der Waals surface area contributed by atoms with Gasteiger partial charge in [0.15, 0.2) is 11.5 Å². The van der Waals surface area contributed by atoms with E-state index in [1.807, 2.05) is 63.2 Å². The Bertz CT molecular complexity index is 768. The Labute approximate surface area is 154 Å². The summed E-state index contributed by atoms with van der Waals surface area (Å²) in [5.41, 5.74) is 1.48. The molecule has 0 aromatic heterocycles. The zero-order chi connectivity index (χ0) is 18.9. The van der Waals surface area contributed by atoms with Gasteiger partial charge in [-0.2, -0.15) is 0 Å². The molecular weight excluding hydrogens is 330 g/mol. The maximum absolute atomic E-state index is 12.2. The molecule has 0 aliphatic carbocycles. The van der Waals surface area contributed by atoms with Gasteiger partial charge in [0.2, 0.25) is 5.91 Å². The molecule has 0 heterocycles. The second-order valence-electron chi connectivity index (χ2n) is 5.83. The molecule has 26 heavy (non-hydrogen) atoms. The van der Waals surface area contributed by atoms with Crippen molar-refractivity contribution in [2.75, 3.05) is 19.0 Å². The monoisotopic (exact) mass is 355 g/mol. The van der Waals surface area contributed by atoms with Crippen LogP contribution < -0.4 is 19.5 Å². The molecule has 0 unspecified atom stereocenters. The highest BCUT2D eigenvalue weighted by atomic mass is 16.5. The predicted molar refractivity (Wildman–Crippen MR) is 104 cm³/mol. The summed E-state index contributed by atoms with van der Waals surface area (Å²) in [6.45, 7) is 6.33. The molecule has 0 aliphatic rings. The number of methoxy groups -OCH3 is 1. The summed E-state index contributed by atoms with van der Waals surface area (Å²) in [7, 11) is 1.59. The van der Waals surface area contributed by atoms with Crippen molar-refractivity contribution in [2.24, 2.45) is 0 Å². The fourth-order valence-corrected chi connectivity index (χ4v) is 2.34. The van der Waals surface area contributed by atoms with E-state index in [2.05, 4.69) is 5.32 Å². The molecule has 0 saturated carbocycles. The topological polar surface area (TPSA) is 56.8 Å². The lowest BCUT2D eigenvalue weighted by atomic mass is 10.2. The van der Waals surface area contributed by atoms with Crippen LogP contribution in [-0.2, 0) is 4.79 Å². The molecule has 5 heteroatoms. The molecule has 1 N–H and O–H groups in total. The smallest absolute Gasteiger partial charge is 0.248 e. The van der Waals surface area contributed by atoms with E-state index in [9.17, 15) is 4.79 Å². The molecule has 2 aromatic rings. The summed E-state index contributed by atoms with van der Waals surface area (Å²) in [6, 6.07) is 12.9. The summed E-state index contributed by atoms with van der Waals surface area (Å²) in [6.07, 6.45) is 3.23. The van der Waals surface area contributed by atoms with Crippen molar-refractivity contribution in [2.45, 2.75) is 26.9 Å². The molecule has 0 bridgehead atoms. The van der Waals surface area contributed by atoms with Gasteiger partial charge in [0.1, 0.15) is 5.75 Å². The largest absolute Gasteiger partial charge is 0.493 e. The van der Waals surface area contributed by atoms with Gasteiger partial charge in [-0.05, 0) is 56.7 Å². The number of amides is 1. The van der Waals surface area contributed by atoms with Crippen LogP contribution in [0.5, 0.6) is 17.2 Å². The standard InChI is InChI=1S/C21H25NO4/c1-5-25-20-14-16(10-12-19(20)24-4)11-13-21(23)22-17-8-6-7-9-18(17)26-15(2)3/h6-15H,5H2,1-4H3,(H,22,23)/b13-11+. The van der Waals surface area contributed by atoms with Gasteiger partial charge >= 0.3 is 0 Å². The molecule has 0 saturated heterocycles. The third kappa shape index (κ3) is 5.55. The van der Waals surface area contributed by atoms with Crippen LogP contribution >= 0.6 is 0 Å². The predicted octanol–water partition coefficient (Wildman–Crippen LogP) is 4.53. The third-order valence-corrected chi connectivity index (χ3v) is 3.42. The zero-order valence-corrected chi connectivity index (χ0v) is 15.6. The minimum atomic E-state index is -0.237. The quantitative estimate of drug-likeness (QED) is 0.707. The van der Waals surface area contributed by atoms with E-state index in [4.69, 9.17) is 14.2 Å². The lowest BCUT2D eigenvalue weighted by Crippen LogP contribution is -2.12. The number of rotatable bonds is 8. The molecule has 0 spiro atoms. The van der Waals surface area contributed by atoms with Crippen molar-refractivity contribution in [3.05, 3.63) is 54.1 Å². The van der Waals surface area contributed by atoms with E-state index in [1.54, 1.807) is 13.2 Å². The molecule has 0 radical (unpaired) electrons. The number of ether oxygens (including phenoxy) is 3. The van der Waals surface area contributed by atoms with Gasteiger partial charge in [-0.1, -0.05) is 18.2 Å². The van der Waals surface area contributed by atoms with Crippen molar-refractivity contribution >= 4 is 17.7 Å². The van der Waals surface area contributed by atoms with Gasteiger partial charge in [-0.3, -0.25) is 4.79 Å². The molecule has 1 amide bonds. The van der Waals surface area contributed by atoms with Crippen LogP contribution in [0.1, 0.15) is 26.3 Å². The average Bonchev–Trinajstić information content (AvgIpc) is 2.62. The first-order valence-electron chi connectivity index (χ1n) is 8.59. The summed E-state index contributed by atoms with van der Waals surface area (Å²) >= 11 is 0. The number of hydrogen-bond donors (Lipinski definition) is 1. The zero-order valence-electron chi connectivity index (χ0n) is 15.6. The van der Waals surface area contributed by atoms with Gasteiger partial charge in [0.05, 0.1) is 25.5 Å². The number of nitrogens with one attached hydrogen (secondary N) is 1. The average molecular weight is 355 g/mol. The maximum atomic E-state index is 12.2. The first-order valence-corrected chi connectivity index (χ1v) is 8.59. The van der Waals surface area contributed by atoms with Crippen molar-refractivity contribution in [3.8, 4) is 17.2 Å². The number of benzene rings is 2. The fourth-order valence-electron chi connectivity index (χ4n) is 2.34. The third-order valence-electron chi connectivity index (χ3n) is 3.42.